The van der Waals surface area contributed by atoms with Crippen LogP contribution in [0.2, 0.25) is 0 Å². The van der Waals surface area contributed by atoms with Gasteiger partial charge < -0.3 is 5.11 Å². The standard InChI is InChI=1S/C8H4F12O2S/c1-23-4(7(15,16)17,8(18,19)20)3(2(21)22,5(9,10)11)6(12,13)14/h1H3,(H,21,22). The van der Waals surface area contributed by atoms with Gasteiger partial charge in [0.05, 0.1) is 0 Å². The Bertz CT molecular complexity index is 428. The normalized spacial score (nSPS) is 15.7. The van der Waals surface area contributed by atoms with Crippen LogP contribution in [0.25, 0.3) is 0 Å². The molecule has 2 nitrogen and oxygen atoms in total. The van der Waals surface area contributed by atoms with Gasteiger partial charge in [0.25, 0.3) is 5.41 Å². The summed E-state index contributed by atoms with van der Waals surface area (Å²) in [7, 11) is 0. The third-order valence-electron chi connectivity index (χ3n) is 2.80. The third kappa shape index (κ3) is 2.69. The molecule has 0 saturated carbocycles. The summed E-state index contributed by atoms with van der Waals surface area (Å²) < 4.78 is 146. The van der Waals surface area contributed by atoms with E-state index in [9.17, 15) is 57.5 Å². The molecule has 0 atom stereocenters. The van der Waals surface area contributed by atoms with Gasteiger partial charge in [0.1, 0.15) is 0 Å². The van der Waals surface area contributed by atoms with E-state index < -0.39 is 52.6 Å². The van der Waals surface area contributed by atoms with Crippen LogP contribution in [0.15, 0.2) is 0 Å². The zero-order valence-electron chi connectivity index (χ0n) is 10.3. The second kappa shape index (κ2) is 5.51. The lowest BCUT2D eigenvalue weighted by Crippen LogP contribution is -2.76. The molecule has 0 aliphatic rings. The van der Waals surface area contributed by atoms with E-state index in [2.05, 4.69) is 0 Å². The number of rotatable bonds is 3. The Balaban J connectivity index is 7.48. The van der Waals surface area contributed by atoms with Gasteiger partial charge in [-0.1, -0.05) is 0 Å². The molecule has 0 spiro atoms. The predicted octanol–water partition coefficient (Wildman–Crippen LogP) is 4.41. The van der Waals surface area contributed by atoms with Gasteiger partial charge in [-0.3, -0.25) is 4.79 Å². The lowest BCUT2D eigenvalue weighted by atomic mass is 9.71. The summed E-state index contributed by atoms with van der Waals surface area (Å²) in [4.78, 5) is 10.6. The molecule has 1 N–H and O–H groups in total. The van der Waals surface area contributed by atoms with Gasteiger partial charge in [0.15, 0.2) is 0 Å². The summed E-state index contributed by atoms with van der Waals surface area (Å²) in [5, 5.41) is 8.24. The number of thioether (sulfide) groups is 1. The van der Waals surface area contributed by atoms with E-state index >= 15 is 0 Å². The predicted molar refractivity (Wildman–Crippen MR) is 50.5 cm³/mol. The first-order valence-electron chi connectivity index (χ1n) is 4.81. The Hall–Kier alpha value is -1.02. The molecule has 0 bridgehead atoms. The largest absolute Gasteiger partial charge is 0.480 e. The van der Waals surface area contributed by atoms with Gasteiger partial charge in [0.2, 0.25) is 4.75 Å². The van der Waals surface area contributed by atoms with Crippen molar-refractivity contribution in [2.45, 2.75) is 29.5 Å². The number of carboxylic acids is 1. The fourth-order valence-corrected chi connectivity index (χ4v) is 3.01. The van der Waals surface area contributed by atoms with Crippen LogP contribution in [0.4, 0.5) is 52.7 Å². The van der Waals surface area contributed by atoms with E-state index in [-0.39, 0.29) is 6.26 Å². The highest BCUT2D eigenvalue weighted by atomic mass is 32.2. The highest BCUT2D eigenvalue weighted by Gasteiger charge is 2.96. The highest BCUT2D eigenvalue weighted by Crippen LogP contribution is 2.69. The lowest BCUT2D eigenvalue weighted by molar-refractivity contribution is -0.401. The zero-order valence-corrected chi connectivity index (χ0v) is 11.1. The summed E-state index contributed by atoms with van der Waals surface area (Å²) in [6, 6.07) is 0. The molecule has 0 saturated heterocycles. The molecular weight excluding hydrogens is 388 g/mol. The van der Waals surface area contributed by atoms with Crippen LogP contribution in [0, 0.1) is 5.41 Å². The van der Waals surface area contributed by atoms with Crippen molar-refractivity contribution in [2.75, 3.05) is 6.26 Å². The molecule has 138 valence electrons. The smallest absolute Gasteiger partial charge is 0.415 e. The van der Waals surface area contributed by atoms with E-state index in [0.29, 0.717) is 0 Å². The molecule has 23 heavy (non-hydrogen) atoms. The van der Waals surface area contributed by atoms with E-state index in [1.54, 1.807) is 0 Å². The van der Waals surface area contributed by atoms with Gasteiger partial charge in [-0.25, -0.2) is 0 Å². The van der Waals surface area contributed by atoms with Gasteiger partial charge in [-0.2, -0.15) is 52.7 Å². The highest BCUT2D eigenvalue weighted by molar-refractivity contribution is 8.00. The first-order valence-corrected chi connectivity index (χ1v) is 6.03. The van der Waals surface area contributed by atoms with Crippen molar-refractivity contribution in [1.82, 2.24) is 0 Å². The average Bonchev–Trinajstić information content (AvgIpc) is 2.16. The van der Waals surface area contributed by atoms with Gasteiger partial charge in [0, 0.05) is 0 Å². The molecule has 0 aliphatic carbocycles. The molecule has 0 aliphatic heterocycles. The summed E-state index contributed by atoms with van der Waals surface area (Å²) >= 11 is -1.95. The number of halogens is 12. The first-order chi connectivity index (χ1) is 9.75. The maximum Gasteiger partial charge on any atom is 0.415 e. The second-order valence-electron chi connectivity index (χ2n) is 3.93. The fraction of sp³-hybridized carbons (Fsp3) is 0.875. The maximum absolute atomic E-state index is 12.8. The summed E-state index contributed by atoms with van der Waals surface area (Å²) in [6.07, 6.45) is -29.8. The quantitative estimate of drug-likeness (QED) is 0.724. The van der Waals surface area contributed by atoms with Crippen LogP contribution in [-0.2, 0) is 4.79 Å². The Morgan fingerprint density at radius 3 is 1.00 bits per heavy atom. The summed E-state index contributed by atoms with van der Waals surface area (Å²) in [5.74, 6) is -4.37. The number of carbonyl (C=O) groups is 1. The average molecular weight is 392 g/mol. The van der Waals surface area contributed by atoms with Crippen LogP contribution in [0.3, 0.4) is 0 Å². The molecule has 0 radical (unpaired) electrons. The van der Waals surface area contributed by atoms with Crippen molar-refractivity contribution in [2.24, 2.45) is 5.41 Å². The van der Waals surface area contributed by atoms with Gasteiger partial charge in [-0.05, 0) is 6.26 Å². The van der Waals surface area contributed by atoms with E-state index in [1.807, 2.05) is 0 Å². The lowest BCUT2D eigenvalue weighted by Gasteiger charge is -2.48. The molecule has 0 aromatic heterocycles. The number of alkyl halides is 12. The van der Waals surface area contributed by atoms with Crippen LogP contribution in [-0.4, -0.2) is 46.8 Å². The Morgan fingerprint density at radius 2 is 0.957 bits per heavy atom. The minimum absolute atomic E-state index is 0.351. The van der Waals surface area contributed by atoms with Crippen molar-refractivity contribution in [3.05, 3.63) is 0 Å². The monoisotopic (exact) mass is 392 g/mol. The number of hydrogen-bond donors (Lipinski definition) is 1. The van der Waals surface area contributed by atoms with Gasteiger partial charge >= 0.3 is 30.7 Å². The number of aliphatic carboxylic acids is 1. The van der Waals surface area contributed by atoms with Crippen molar-refractivity contribution in [3.63, 3.8) is 0 Å². The fourth-order valence-electron chi connectivity index (χ4n) is 1.92. The SMILES string of the molecule is CSC(C(F)(F)F)(C(F)(F)F)C(C(=O)O)(C(F)(F)F)C(F)(F)F. The molecule has 0 amide bonds. The minimum Gasteiger partial charge on any atom is -0.480 e. The number of hydrogen-bond acceptors (Lipinski definition) is 2. The van der Waals surface area contributed by atoms with Gasteiger partial charge in [-0.15, -0.1) is 11.8 Å². The number of carboxylic acid groups (broad SMARTS) is 1. The Labute approximate surface area is 122 Å². The topological polar surface area (TPSA) is 37.3 Å². The van der Waals surface area contributed by atoms with Crippen molar-refractivity contribution < 1.29 is 62.6 Å². The molecule has 0 heterocycles. The van der Waals surface area contributed by atoms with E-state index in [0.717, 1.165) is 0 Å². The van der Waals surface area contributed by atoms with E-state index in [4.69, 9.17) is 5.11 Å². The molecule has 0 unspecified atom stereocenters. The molecule has 0 aromatic carbocycles. The molecule has 15 heteroatoms. The van der Waals surface area contributed by atoms with Crippen molar-refractivity contribution in [3.8, 4) is 0 Å². The Kier molecular flexibility index (Phi) is 5.27. The minimum atomic E-state index is -7.47. The maximum atomic E-state index is 12.8. The van der Waals surface area contributed by atoms with Crippen molar-refractivity contribution in [1.29, 1.82) is 0 Å². The summed E-state index contributed by atoms with van der Waals surface area (Å²) in [5.41, 5.74) is -7.16. The first kappa shape index (κ1) is 22.0. The van der Waals surface area contributed by atoms with Crippen LogP contribution in [0.1, 0.15) is 0 Å². The third-order valence-corrected chi connectivity index (χ3v) is 4.19. The molecule has 0 rings (SSSR count). The molecular formula is C8H4F12O2S. The van der Waals surface area contributed by atoms with Crippen LogP contribution < -0.4 is 0 Å². The van der Waals surface area contributed by atoms with Crippen molar-refractivity contribution >= 4 is 17.7 Å². The Morgan fingerprint density at radius 1 is 0.696 bits per heavy atom. The summed E-state index contributed by atoms with van der Waals surface area (Å²) in [6.45, 7) is 0. The zero-order chi connectivity index (χ0) is 19.3. The van der Waals surface area contributed by atoms with E-state index in [1.165, 1.54) is 0 Å². The second-order valence-corrected chi connectivity index (χ2v) is 4.95. The molecule has 0 fully saturated rings. The van der Waals surface area contributed by atoms with Crippen LogP contribution in [0.5, 0.6) is 0 Å². The molecule has 0 aromatic rings. The van der Waals surface area contributed by atoms with Crippen LogP contribution >= 0.6 is 11.8 Å².